The SMILES string of the molecule is Cc1nccn1CCCN1CCCC(C)C1CO. The van der Waals surface area contributed by atoms with Gasteiger partial charge in [0.2, 0.25) is 0 Å². The standard InChI is InChI=1S/C14H25N3O/c1-12-5-3-7-17(14(12)11-18)9-4-8-16-10-6-15-13(16)2/h6,10,12,14,18H,3-5,7-9,11H2,1-2H3. The molecule has 0 bridgehead atoms. The molecule has 2 heterocycles. The molecule has 1 aromatic rings. The molecule has 1 fully saturated rings. The first-order valence-electron chi connectivity index (χ1n) is 7.05. The Kier molecular flexibility index (Phi) is 4.78. The number of aliphatic hydroxyl groups is 1. The third-order valence-electron chi connectivity index (χ3n) is 4.19. The Balaban J connectivity index is 1.80. The van der Waals surface area contributed by atoms with E-state index >= 15 is 0 Å². The van der Waals surface area contributed by atoms with E-state index in [-0.39, 0.29) is 0 Å². The lowest BCUT2D eigenvalue weighted by Gasteiger charge is -2.39. The maximum Gasteiger partial charge on any atom is 0.105 e. The summed E-state index contributed by atoms with van der Waals surface area (Å²) in [5.41, 5.74) is 0. The number of aliphatic hydroxyl groups excluding tert-OH is 1. The summed E-state index contributed by atoms with van der Waals surface area (Å²) in [5.74, 6) is 1.71. The van der Waals surface area contributed by atoms with Crippen molar-refractivity contribution >= 4 is 0 Å². The second-order valence-electron chi connectivity index (χ2n) is 5.43. The van der Waals surface area contributed by atoms with Gasteiger partial charge in [-0.1, -0.05) is 6.92 Å². The molecule has 4 nitrogen and oxygen atoms in total. The van der Waals surface area contributed by atoms with E-state index in [0.717, 1.165) is 31.9 Å². The van der Waals surface area contributed by atoms with Gasteiger partial charge in [-0.15, -0.1) is 0 Å². The van der Waals surface area contributed by atoms with Gasteiger partial charge in [-0.05, 0) is 38.6 Å². The second kappa shape index (κ2) is 6.34. The molecule has 1 aliphatic rings. The van der Waals surface area contributed by atoms with Crippen molar-refractivity contribution in [3.63, 3.8) is 0 Å². The Morgan fingerprint density at radius 2 is 2.28 bits per heavy atom. The van der Waals surface area contributed by atoms with Crippen molar-refractivity contribution in [2.24, 2.45) is 5.92 Å². The molecule has 1 aliphatic heterocycles. The van der Waals surface area contributed by atoms with E-state index in [1.807, 2.05) is 19.3 Å². The Bertz CT molecular complexity index is 364. The summed E-state index contributed by atoms with van der Waals surface area (Å²) in [6.07, 6.45) is 7.54. The maximum atomic E-state index is 9.50. The Labute approximate surface area is 110 Å². The van der Waals surface area contributed by atoms with E-state index in [2.05, 4.69) is 21.4 Å². The first kappa shape index (κ1) is 13.6. The lowest BCUT2D eigenvalue weighted by molar-refractivity contribution is 0.0514. The zero-order valence-electron chi connectivity index (χ0n) is 11.5. The van der Waals surface area contributed by atoms with Crippen molar-refractivity contribution in [2.75, 3.05) is 19.7 Å². The van der Waals surface area contributed by atoms with Crippen molar-refractivity contribution in [2.45, 2.75) is 45.7 Å². The molecule has 102 valence electrons. The van der Waals surface area contributed by atoms with Crippen LogP contribution in [0.25, 0.3) is 0 Å². The van der Waals surface area contributed by atoms with Gasteiger partial charge in [0.25, 0.3) is 0 Å². The molecule has 2 unspecified atom stereocenters. The van der Waals surface area contributed by atoms with Crippen LogP contribution in [0.3, 0.4) is 0 Å². The van der Waals surface area contributed by atoms with Gasteiger partial charge in [0, 0.05) is 31.5 Å². The smallest absolute Gasteiger partial charge is 0.105 e. The normalized spacial score (nSPS) is 25.5. The highest BCUT2D eigenvalue weighted by molar-refractivity contribution is 4.88. The molecule has 0 saturated carbocycles. The summed E-state index contributed by atoms with van der Waals surface area (Å²) in [6.45, 7) is 7.83. The average molecular weight is 251 g/mol. The zero-order chi connectivity index (χ0) is 13.0. The molecular weight excluding hydrogens is 226 g/mol. The fraction of sp³-hybridized carbons (Fsp3) is 0.786. The largest absolute Gasteiger partial charge is 0.395 e. The summed E-state index contributed by atoms with van der Waals surface area (Å²) in [7, 11) is 0. The number of hydrogen-bond donors (Lipinski definition) is 1. The van der Waals surface area contributed by atoms with Crippen LogP contribution in [-0.4, -0.2) is 45.3 Å². The molecule has 0 radical (unpaired) electrons. The van der Waals surface area contributed by atoms with E-state index in [9.17, 15) is 5.11 Å². The van der Waals surface area contributed by atoms with E-state index in [0.29, 0.717) is 18.6 Å². The van der Waals surface area contributed by atoms with Gasteiger partial charge in [-0.3, -0.25) is 4.90 Å². The fourth-order valence-corrected chi connectivity index (χ4v) is 2.99. The van der Waals surface area contributed by atoms with Gasteiger partial charge < -0.3 is 9.67 Å². The predicted octanol–water partition coefficient (Wildman–Crippen LogP) is 1.67. The molecule has 0 amide bonds. The quantitative estimate of drug-likeness (QED) is 0.865. The average Bonchev–Trinajstić information content (AvgIpc) is 2.75. The number of rotatable bonds is 5. The summed E-state index contributed by atoms with van der Waals surface area (Å²) in [6, 6.07) is 0.364. The minimum atomic E-state index is 0.297. The molecule has 0 spiro atoms. The molecule has 2 rings (SSSR count). The van der Waals surface area contributed by atoms with Crippen LogP contribution in [0.1, 0.15) is 32.0 Å². The third kappa shape index (κ3) is 3.12. The van der Waals surface area contributed by atoms with Crippen LogP contribution >= 0.6 is 0 Å². The molecule has 2 atom stereocenters. The van der Waals surface area contributed by atoms with Gasteiger partial charge in [0.05, 0.1) is 6.61 Å². The van der Waals surface area contributed by atoms with Gasteiger partial charge in [0.1, 0.15) is 5.82 Å². The van der Waals surface area contributed by atoms with Gasteiger partial charge in [-0.2, -0.15) is 0 Å². The van der Waals surface area contributed by atoms with E-state index in [1.54, 1.807) is 0 Å². The number of piperidine rings is 1. The minimum Gasteiger partial charge on any atom is -0.395 e. The van der Waals surface area contributed by atoms with Crippen molar-refractivity contribution in [1.82, 2.24) is 14.5 Å². The van der Waals surface area contributed by atoms with Crippen LogP contribution in [0.4, 0.5) is 0 Å². The molecule has 0 aromatic carbocycles. The van der Waals surface area contributed by atoms with Crippen molar-refractivity contribution in [3.05, 3.63) is 18.2 Å². The van der Waals surface area contributed by atoms with Crippen LogP contribution in [0.15, 0.2) is 12.4 Å². The lowest BCUT2D eigenvalue weighted by Crippen LogP contribution is -2.47. The van der Waals surface area contributed by atoms with Crippen molar-refractivity contribution < 1.29 is 5.11 Å². The molecule has 1 aromatic heterocycles. The van der Waals surface area contributed by atoms with E-state index < -0.39 is 0 Å². The van der Waals surface area contributed by atoms with Crippen LogP contribution < -0.4 is 0 Å². The monoisotopic (exact) mass is 251 g/mol. The highest BCUT2D eigenvalue weighted by Crippen LogP contribution is 2.23. The first-order valence-corrected chi connectivity index (χ1v) is 7.05. The van der Waals surface area contributed by atoms with Crippen LogP contribution in [0, 0.1) is 12.8 Å². The second-order valence-corrected chi connectivity index (χ2v) is 5.43. The molecule has 4 heteroatoms. The van der Waals surface area contributed by atoms with Crippen LogP contribution in [-0.2, 0) is 6.54 Å². The number of hydrogen-bond acceptors (Lipinski definition) is 3. The number of aryl methyl sites for hydroxylation is 2. The number of aromatic nitrogens is 2. The molecule has 0 aliphatic carbocycles. The maximum absolute atomic E-state index is 9.50. The topological polar surface area (TPSA) is 41.3 Å². The van der Waals surface area contributed by atoms with Crippen molar-refractivity contribution in [3.8, 4) is 0 Å². The lowest BCUT2D eigenvalue weighted by atomic mass is 9.91. The first-order chi connectivity index (χ1) is 8.72. The van der Waals surface area contributed by atoms with Crippen LogP contribution in [0.2, 0.25) is 0 Å². The van der Waals surface area contributed by atoms with Gasteiger partial charge >= 0.3 is 0 Å². The van der Waals surface area contributed by atoms with E-state index in [4.69, 9.17) is 0 Å². The number of imidazole rings is 1. The van der Waals surface area contributed by atoms with E-state index in [1.165, 1.54) is 12.8 Å². The van der Waals surface area contributed by atoms with Gasteiger partial charge in [0.15, 0.2) is 0 Å². The van der Waals surface area contributed by atoms with Crippen molar-refractivity contribution in [1.29, 1.82) is 0 Å². The third-order valence-corrected chi connectivity index (χ3v) is 4.19. The summed E-state index contributed by atoms with van der Waals surface area (Å²) >= 11 is 0. The number of nitrogens with zero attached hydrogens (tertiary/aromatic N) is 3. The molecule has 1 saturated heterocycles. The summed E-state index contributed by atoms with van der Waals surface area (Å²) < 4.78 is 2.20. The highest BCUT2D eigenvalue weighted by Gasteiger charge is 2.27. The minimum absolute atomic E-state index is 0.297. The summed E-state index contributed by atoms with van der Waals surface area (Å²) in [5, 5.41) is 9.50. The van der Waals surface area contributed by atoms with Gasteiger partial charge in [-0.25, -0.2) is 4.98 Å². The Morgan fingerprint density at radius 3 is 2.94 bits per heavy atom. The van der Waals surface area contributed by atoms with Crippen LogP contribution in [0.5, 0.6) is 0 Å². The number of likely N-dealkylation sites (tertiary alicyclic amines) is 1. The summed E-state index contributed by atoms with van der Waals surface area (Å²) in [4.78, 5) is 6.69. The zero-order valence-corrected chi connectivity index (χ0v) is 11.5. The molecular formula is C14H25N3O. The highest BCUT2D eigenvalue weighted by atomic mass is 16.3. The fourth-order valence-electron chi connectivity index (χ4n) is 2.99. The molecule has 18 heavy (non-hydrogen) atoms. The predicted molar refractivity (Wildman–Crippen MR) is 72.4 cm³/mol. The Morgan fingerprint density at radius 1 is 1.44 bits per heavy atom. The Hall–Kier alpha value is -0.870. The molecule has 1 N–H and O–H groups in total.